The number of hydrogen-bond acceptors (Lipinski definition) is 2. The summed E-state index contributed by atoms with van der Waals surface area (Å²) in [7, 11) is 0. The van der Waals surface area contributed by atoms with E-state index in [1.54, 1.807) is 0 Å². The second kappa shape index (κ2) is 11.0. The van der Waals surface area contributed by atoms with Gasteiger partial charge in [0.15, 0.2) is 0 Å². The first kappa shape index (κ1) is 24.6. The highest BCUT2D eigenvalue weighted by Crippen LogP contribution is 2.34. The highest BCUT2D eigenvalue weighted by Gasteiger charge is 2.10. The number of nitriles is 2. The van der Waals surface area contributed by atoms with Crippen LogP contribution in [0.5, 0.6) is 0 Å². The third-order valence-electron chi connectivity index (χ3n) is 7.09. The third-order valence-corrected chi connectivity index (χ3v) is 7.09. The van der Waals surface area contributed by atoms with E-state index < -0.39 is 0 Å². The van der Waals surface area contributed by atoms with Gasteiger partial charge in [-0.15, -0.1) is 0 Å². The summed E-state index contributed by atoms with van der Waals surface area (Å²) >= 11 is 0. The summed E-state index contributed by atoms with van der Waals surface area (Å²) < 4.78 is 0. The fourth-order valence-electron chi connectivity index (χ4n) is 5.05. The number of rotatable bonds is 5. The van der Waals surface area contributed by atoms with Crippen LogP contribution in [0.1, 0.15) is 11.1 Å². The fourth-order valence-corrected chi connectivity index (χ4v) is 5.05. The van der Waals surface area contributed by atoms with Crippen LogP contribution in [0.4, 0.5) is 0 Å². The van der Waals surface area contributed by atoms with Crippen molar-refractivity contribution in [3.63, 3.8) is 0 Å². The van der Waals surface area contributed by atoms with Gasteiger partial charge in [0.25, 0.3) is 0 Å². The number of benzene rings is 6. The molecule has 0 aliphatic rings. The Kier molecular flexibility index (Phi) is 6.75. The van der Waals surface area contributed by atoms with Crippen LogP contribution in [-0.2, 0) is 0 Å². The van der Waals surface area contributed by atoms with E-state index >= 15 is 0 Å². The highest BCUT2D eigenvalue weighted by molar-refractivity contribution is 5.81. The molecule has 0 aliphatic carbocycles. The lowest BCUT2D eigenvalue weighted by atomic mass is 9.92. The van der Waals surface area contributed by atoms with Gasteiger partial charge >= 0.3 is 0 Å². The van der Waals surface area contributed by atoms with E-state index in [0.29, 0.717) is 11.1 Å². The van der Waals surface area contributed by atoms with Crippen molar-refractivity contribution in [2.45, 2.75) is 0 Å². The van der Waals surface area contributed by atoms with Crippen LogP contribution >= 0.6 is 0 Å². The van der Waals surface area contributed by atoms with Crippen molar-refractivity contribution in [3.05, 3.63) is 157 Å². The van der Waals surface area contributed by atoms with Crippen LogP contribution in [-0.4, -0.2) is 0 Å². The van der Waals surface area contributed by atoms with E-state index in [-0.39, 0.29) is 0 Å². The van der Waals surface area contributed by atoms with Crippen molar-refractivity contribution < 1.29 is 0 Å². The Labute approximate surface area is 234 Å². The average Bonchev–Trinajstić information content (AvgIpc) is 3.05. The van der Waals surface area contributed by atoms with Crippen molar-refractivity contribution >= 4 is 0 Å². The third kappa shape index (κ3) is 5.16. The minimum Gasteiger partial charge on any atom is -0.192 e. The molecule has 6 aromatic carbocycles. The maximum Gasteiger partial charge on any atom is 0.0992 e. The Morgan fingerprint density at radius 1 is 0.275 bits per heavy atom. The molecule has 0 radical (unpaired) electrons. The van der Waals surface area contributed by atoms with Gasteiger partial charge in [0.2, 0.25) is 0 Å². The van der Waals surface area contributed by atoms with Gasteiger partial charge in [0.1, 0.15) is 0 Å². The van der Waals surface area contributed by atoms with E-state index in [0.717, 1.165) is 50.1 Å². The van der Waals surface area contributed by atoms with Crippen molar-refractivity contribution in [2.75, 3.05) is 0 Å². The maximum absolute atomic E-state index is 9.82. The molecule has 0 aliphatic heterocycles. The summed E-state index contributed by atoms with van der Waals surface area (Å²) in [6.45, 7) is 0. The van der Waals surface area contributed by atoms with Crippen molar-refractivity contribution in [1.82, 2.24) is 0 Å². The van der Waals surface area contributed by atoms with Crippen LogP contribution in [0.3, 0.4) is 0 Å². The molecule has 0 spiro atoms. The smallest absolute Gasteiger partial charge is 0.0992 e. The first-order valence-electron chi connectivity index (χ1n) is 13.1. The molecule has 40 heavy (non-hydrogen) atoms. The summed E-state index contributed by atoms with van der Waals surface area (Å²) in [4.78, 5) is 0. The minimum atomic E-state index is 0.614. The van der Waals surface area contributed by atoms with Gasteiger partial charge in [-0.05, 0) is 98.1 Å². The van der Waals surface area contributed by atoms with E-state index in [9.17, 15) is 10.5 Å². The summed E-state index contributed by atoms with van der Waals surface area (Å²) in [5, 5.41) is 19.5. The molecule has 0 saturated heterocycles. The molecule has 0 atom stereocenters. The molecule has 2 heteroatoms. The molecule has 0 aromatic heterocycles. The predicted molar refractivity (Wildman–Crippen MR) is 163 cm³/mol. The zero-order valence-electron chi connectivity index (χ0n) is 21.8. The molecule has 0 amide bonds. The molecule has 0 fully saturated rings. The van der Waals surface area contributed by atoms with E-state index in [1.165, 1.54) is 5.56 Å². The van der Waals surface area contributed by atoms with Crippen molar-refractivity contribution in [3.8, 4) is 67.8 Å². The Hall–Kier alpha value is -5.70. The SMILES string of the molecule is N#Cc1cc(-c2ccccc2)cc(-c2cccc(-c3cc(C#N)cc(-c4ccc(-c5ccccc5)cc4)c3)c2)c1. The minimum absolute atomic E-state index is 0.614. The molecule has 186 valence electrons. The van der Waals surface area contributed by atoms with Crippen LogP contribution in [0.2, 0.25) is 0 Å². The lowest BCUT2D eigenvalue weighted by molar-refractivity contribution is 1.47. The van der Waals surface area contributed by atoms with Gasteiger partial charge in [-0.3, -0.25) is 0 Å². The lowest BCUT2D eigenvalue weighted by Gasteiger charge is -2.11. The quantitative estimate of drug-likeness (QED) is 0.233. The second-order valence-electron chi connectivity index (χ2n) is 9.71. The van der Waals surface area contributed by atoms with Crippen LogP contribution in [0, 0.1) is 22.7 Å². The zero-order chi connectivity index (χ0) is 27.3. The van der Waals surface area contributed by atoms with E-state index in [1.807, 2.05) is 66.7 Å². The van der Waals surface area contributed by atoms with Gasteiger partial charge in [0, 0.05) is 0 Å². The van der Waals surface area contributed by atoms with Gasteiger partial charge in [-0.2, -0.15) is 10.5 Å². The number of hydrogen-bond donors (Lipinski definition) is 0. The van der Waals surface area contributed by atoms with Crippen LogP contribution in [0.15, 0.2) is 146 Å². The summed E-state index contributed by atoms with van der Waals surface area (Å²) in [5.41, 5.74) is 11.7. The van der Waals surface area contributed by atoms with Gasteiger partial charge in [-0.25, -0.2) is 0 Å². The highest BCUT2D eigenvalue weighted by atomic mass is 14.2. The Morgan fingerprint density at radius 3 is 1.00 bits per heavy atom. The zero-order valence-corrected chi connectivity index (χ0v) is 21.8. The predicted octanol–water partition coefficient (Wildman–Crippen LogP) is 9.76. The van der Waals surface area contributed by atoms with Crippen molar-refractivity contribution in [2.24, 2.45) is 0 Å². The van der Waals surface area contributed by atoms with E-state index in [2.05, 4.69) is 91.0 Å². The summed E-state index contributed by atoms with van der Waals surface area (Å²) in [6, 6.07) is 53.8. The molecule has 2 nitrogen and oxygen atoms in total. The summed E-state index contributed by atoms with van der Waals surface area (Å²) in [5.74, 6) is 0. The van der Waals surface area contributed by atoms with Gasteiger partial charge in [0.05, 0.1) is 23.3 Å². The first-order valence-corrected chi connectivity index (χ1v) is 13.1. The number of nitrogens with zero attached hydrogens (tertiary/aromatic N) is 2. The molecular weight excluding hydrogens is 484 g/mol. The summed E-state index contributed by atoms with van der Waals surface area (Å²) in [6.07, 6.45) is 0. The normalized spacial score (nSPS) is 10.4. The fraction of sp³-hybridized carbons (Fsp3) is 0. The topological polar surface area (TPSA) is 47.6 Å². The molecule has 6 aromatic rings. The average molecular weight is 509 g/mol. The molecule has 0 unspecified atom stereocenters. The Morgan fingerprint density at radius 2 is 0.575 bits per heavy atom. The van der Waals surface area contributed by atoms with Crippen LogP contribution < -0.4 is 0 Å². The van der Waals surface area contributed by atoms with Gasteiger partial charge < -0.3 is 0 Å². The molecule has 0 saturated carbocycles. The molecule has 0 bridgehead atoms. The second-order valence-corrected chi connectivity index (χ2v) is 9.71. The molecule has 0 N–H and O–H groups in total. The Balaban J connectivity index is 1.39. The molecule has 6 rings (SSSR count). The molecule has 0 heterocycles. The largest absolute Gasteiger partial charge is 0.192 e. The standard InChI is InChI=1S/C38H24N2/c39-25-27-18-35(30-10-5-2-6-11-30)23-37(20-27)33-12-7-13-34(22-33)38-21-28(26-40)19-36(24-38)32-16-14-31(15-17-32)29-8-3-1-4-9-29/h1-24H. The van der Waals surface area contributed by atoms with Gasteiger partial charge in [-0.1, -0.05) is 103 Å². The van der Waals surface area contributed by atoms with E-state index in [4.69, 9.17) is 0 Å². The Bertz CT molecular complexity index is 1890. The first-order chi connectivity index (χ1) is 19.7. The van der Waals surface area contributed by atoms with Crippen LogP contribution in [0.25, 0.3) is 55.6 Å². The molecular formula is C38H24N2. The maximum atomic E-state index is 9.82. The van der Waals surface area contributed by atoms with Crippen molar-refractivity contribution in [1.29, 1.82) is 10.5 Å². The lowest BCUT2D eigenvalue weighted by Crippen LogP contribution is -1.88. The monoisotopic (exact) mass is 508 g/mol.